The minimum absolute atomic E-state index is 0.337. The van der Waals surface area contributed by atoms with E-state index in [1.807, 2.05) is 49.4 Å². The summed E-state index contributed by atoms with van der Waals surface area (Å²) in [7, 11) is 0. The largest absolute Gasteiger partial charge is 0.427 e. The summed E-state index contributed by atoms with van der Waals surface area (Å²) in [6, 6.07) is 17.1. The maximum atomic E-state index is 10.9. The standard InChI is InChI=1S/C17H15N3O2/c1-12-17(14-6-4-3-5-7-14)18-19-20(12)15-8-10-16(11-9-15)22-13(2)21/h3-11H,1-2H3. The molecule has 0 atom stereocenters. The van der Waals surface area contributed by atoms with Gasteiger partial charge in [0, 0.05) is 12.5 Å². The smallest absolute Gasteiger partial charge is 0.308 e. The normalized spacial score (nSPS) is 10.5. The van der Waals surface area contributed by atoms with Gasteiger partial charge in [0.15, 0.2) is 0 Å². The molecule has 0 saturated heterocycles. The average molecular weight is 293 g/mol. The summed E-state index contributed by atoms with van der Waals surface area (Å²) < 4.78 is 6.79. The van der Waals surface area contributed by atoms with Crippen molar-refractivity contribution < 1.29 is 9.53 Å². The van der Waals surface area contributed by atoms with E-state index in [0.717, 1.165) is 22.6 Å². The fourth-order valence-corrected chi connectivity index (χ4v) is 2.26. The molecule has 0 aliphatic rings. The summed E-state index contributed by atoms with van der Waals surface area (Å²) in [5, 5.41) is 8.47. The van der Waals surface area contributed by atoms with Gasteiger partial charge >= 0.3 is 5.97 Å². The van der Waals surface area contributed by atoms with E-state index in [2.05, 4.69) is 10.3 Å². The Labute approximate surface area is 128 Å². The molecule has 0 radical (unpaired) electrons. The molecule has 0 bridgehead atoms. The van der Waals surface area contributed by atoms with Gasteiger partial charge in [0.2, 0.25) is 0 Å². The number of hydrogen-bond acceptors (Lipinski definition) is 4. The highest BCUT2D eigenvalue weighted by Crippen LogP contribution is 2.23. The predicted molar refractivity (Wildman–Crippen MR) is 82.8 cm³/mol. The summed E-state index contributed by atoms with van der Waals surface area (Å²) >= 11 is 0. The van der Waals surface area contributed by atoms with Crippen LogP contribution in [-0.4, -0.2) is 21.0 Å². The number of nitrogens with zero attached hydrogens (tertiary/aromatic N) is 3. The zero-order chi connectivity index (χ0) is 15.5. The first kappa shape index (κ1) is 14.0. The fourth-order valence-electron chi connectivity index (χ4n) is 2.26. The zero-order valence-corrected chi connectivity index (χ0v) is 12.4. The first-order chi connectivity index (χ1) is 10.6. The van der Waals surface area contributed by atoms with Crippen LogP contribution in [0.1, 0.15) is 12.6 Å². The Kier molecular flexibility index (Phi) is 3.70. The van der Waals surface area contributed by atoms with Gasteiger partial charge in [-0.15, -0.1) is 5.10 Å². The van der Waals surface area contributed by atoms with Crippen LogP contribution < -0.4 is 4.74 Å². The van der Waals surface area contributed by atoms with Crippen LogP contribution >= 0.6 is 0 Å². The Morgan fingerprint density at radius 3 is 2.36 bits per heavy atom. The monoisotopic (exact) mass is 293 g/mol. The van der Waals surface area contributed by atoms with E-state index in [-0.39, 0.29) is 5.97 Å². The number of benzene rings is 2. The SMILES string of the molecule is CC(=O)Oc1ccc(-n2nnc(-c3ccccc3)c2C)cc1. The molecule has 110 valence electrons. The topological polar surface area (TPSA) is 57.0 Å². The van der Waals surface area contributed by atoms with Crippen molar-refractivity contribution in [1.82, 2.24) is 15.0 Å². The van der Waals surface area contributed by atoms with Crippen LogP contribution in [0, 0.1) is 6.92 Å². The summed E-state index contributed by atoms with van der Waals surface area (Å²) in [6.07, 6.45) is 0. The Morgan fingerprint density at radius 1 is 1.05 bits per heavy atom. The first-order valence-electron chi connectivity index (χ1n) is 6.92. The van der Waals surface area contributed by atoms with Gasteiger partial charge in [0.05, 0.1) is 11.4 Å². The van der Waals surface area contributed by atoms with Crippen LogP contribution in [0.5, 0.6) is 5.75 Å². The highest BCUT2D eigenvalue weighted by Gasteiger charge is 2.11. The van der Waals surface area contributed by atoms with Crippen molar-refractivity contribution in [2.75, 3.05) is 0 Å². The van der Waals surface area contributed by atoms with Crippen molar-refractivity contribution >= 4 is 5.97 Å². The number of ether oxygens (including phenoxy) is 1. The molecule has 0 amide bonds. The van der Waals surface area contributed by atoms with E-state index in [9.17, 15) is 4.79 Å². The number of carbonyl (C=O) groups excluding carboxylic acids is 1. The molecule has 3 aromatic rings. The van der Waals surface area contributed by atoms with Crippen LogP contribution in [0.3, 0.4) is 0 Å². The highest BCUT2D eigenvalue weighted by atomic mass is 16.5. The number of rotatable bonds is 3. The van der Waals surface area contributed by atoms with Crippen LogP contribution in [-0.2, 0) is 4.79 Å². The lowest BCUT2D eigenvalue weighted by molar-refractivity contribution is -0.131. The van der Waals surface area contributed by atoms with Gasteiger partial charge in [-0.2, -0.15) is 0 Å². The summed E-state index contributed by atoms with van der Waals surface area (Å²) in [6.45, 7) is 3.35. The molecule has 3 rings (SSSR count). The second kappa shape index (κ2) is 5.81. The van der Waals surface area contributed by atoms with E-state index >= 15 is 0 Å². The second-order valence-corrected chi connectivity index (χ2v) is 4.89. The Bertz CT molecular complexity index is 793. The predicted octanol–water partition coefficient (Wildman–Crippen LogP) is 3.17. The van der Waals surface area contributed by atoms with Crippen molar-refractivity contribution in [2.45, 2.75) is 13.8 Å². The molecule has 5 heteroatoms. The molecule has 0 unspecified atom stereocenters. The first-order valence-corrected chi connectivity index (χ1v) is 6.92. The van der Waals surface area contributed by atoms with Gasteiger partial charge < -0.3 is 4.74 Å². The summed E-state index contributed by atoms with van der Waals surface area (Å²) in [4.78, 5) is 10.9. The maximum Gasteiger partial charge on any atom is 0.308 e. The molecule has 0 saturated carbocycles. The molecule has 1 heterocycles. The van der Waals surface area contributed by atoms with Crippen molar-refractivity contribution in [3.63, 3.8) is 0 Å². The molecule has 0 N–H and O–H groups in total. The average Bonchev–Trinajstić information content (AvgIpc) is 2.90. The number of hydrogen-bond donors (Lipinski definition) is 0. The number of carbonyl (C=O) groups is 1. The van der Waals surface area contributed by atoms with E-state index < -0.39 is 0 Å². The maximum absolute atomic E-state index is 10.9. The quantitative estimate of drug-likeness (QED) is 0.550. The highest BCUT2D eigenvalue weighted by molar-refractivity contribution is 5.69. The third-order valence-corrected chi connectivity index (χ3v) is 3.28. The third kappa shape index (κ3) is 2.74. The van der Waals surface area contributed by atoms with Crippen LogP contribution in [0.4, 0.5) is 0 Å². The number of esters is 1. The van der Waals surface area contributed by atoms with Gasteiger partial charge in [0.1, 0.15) is 11.4 Å². The van der Waals surface area contributed by atoms with Gasteiger partial charge in [-0.3, -0.25) is 4.79 Å². The lowest BCUT2D eigenvalue weighted by Gasteiger charge is -2.05. The molecular formula is C17H15N3O2. The van der Waals surface area contributed by atoms with E-state index in [0.29, 0.717) is 5.75 Å². The van der Waals surface area contributed by atoms with Crippen LogP contribution in [0.25, 0.3) is 16.9 Å². The Morgan fingerprint density at radius 2 is 1.73 bits per heavy atom. The Hall–Kier alpha value is -2.95. The molecule has 0 fully saturated rings. The lowest BCUT2D eigenvalue weighted by atomic mass is 10.1. The summed E-state index contributed by atoms with van der Waals surface area (Å²) in [5.41, 5.74) is 3.70. The molecular weight excluding hydrogens is 278 g/mol. The molecule has 0 aliphatic heterocycles. The van der Waals surface area contributed by atoms with Crippen molar-refractivity contribution in [3.8, 4) is 22.7 Å². The van der Waals surface area contributed by atoms with Crippen LogP contribution in [0.2, 0.25) is 0 Å². The van der Waals surface area contributed by atoms with E-state index in [1.54, 1.807) is 16.8 Å². The zero-order valence-electron chi connectivity index (χ0n) is 12.4. The van der Waals surface area contributed by atoms with Gasteiger partial charge in [0.25, 0.3) is 0 Å². The minimum Gasteiger partial charge on any atom is -0.427 e. The number of aromatic nitrogens is 3. The minimum atomic E-state index is -0.337. The van der Waals surface area contributed by atoms with E-state index in [4.69, 9.17) is 4.74 Å². The van der Waals surface area contributed by atoms with Gasteiger partial charge in [-0.05, 0) is 31.2 Å². The molecule has 5 nitrogen and oxygen atoms in total. The molecule has 22 heavy (non-hydrogen) atoms. The van der Waals surface area contributed by atoms with Gasteiger partial charge in [-0.25, -0.2) is 4.68 Å². The molecule has 0 spiro atoms. The molecule has 0 aliphatic carbocycles. The molecule has 1 aromatic heterocycles. The van der Waals surface area contributed by atoms with Crippen molar-refractivity contribution in [1.29, 1.82) is 0 Å². The lowest BCUT2D eigenvalue weighted by Crippen LogP contribution is -2.02. The molecule has 2 aromatic carbocycles. The summed E-state index contributed by atoms with van der Waals surface area (Å²) in [5.74, 6) is 0.174. The third-order valence-electron chi connectivity index (χ3n) is 3.28. The van der Waals surface area contributed by atoms with Crippen molar-refractivity contribution in [2.24, 2.45) is 0 Å². The van der Waals surface area contributed by atoms with E-state index in [1.165, 1.54) is 6.92 Å². The van der Waals surface area contributed by atoms with Crippen molar-refractivity contribution in [3.05, 3.63) is 60.3 Å². The fraction of sp³-hybridized carbons (Fsp3) is 0.118. The Balaban J connectivity index is 1.93. The van der Waals surface area contributed by atoms with Crippen LogP contribution in [0.15, 0.2) is 54.6 Å². The van der Waals surface area contributed by atoms with Gasteiger partial charge in [-0.1, -0.05) is 35.5 Å². The second-order valence-electron chi connectivity index (χ2n) is 4.89.